The summed E-state index contributed by atoms with van der Waals surface area (Å²) in [7, 11) is 0. The van der Waals surface area contributed by atoms with E-state index in [4.69, 9.17) is 4.74 Å². The topological polar surface area (TPSA) is 26.3 Å². The number of unbranched alkanes of at least 4 members (excludes halogenated alkanes) is 5. The number of rotatable bonds is 11. The molecule has 0 spiro atoms. The van der Waals surface area contributed by atoms with E-state index < -0.39 is 0 Å². The van der Waals surface area contributed by atoms with Crippen LogP contribution in [0.3, 0.4) is 0 Å². The van der Waals surface area contributed by atoms with E-state index >= 15 is 0 Å². The fourth-order valence-corrected chi connectivity index (χ4v) is 3.73. The smallest absolute Gasteiger partial charge is 0.343 e. The molecular formula is C29H34O2. The molecule has 0 amide bonds. The van der Waals surface area contributed by atoms with E-state index in [1.807, 2.05) is 48.5 Å². The van der Waals surface area contributed by atoms with Gasteiger partial charge in [-0.15, -0.1) is 0 Å². The zero-order valence-electron chi connectivity index (χ0n) is 18.9. The van der Waals surface area contributed by atoms with E-state index in [0.717, 1.165) is 24.0 Å². The quantitative estimate of drug-likeness (QED) is 0.180. The van der Waals surface area contributed by atoms with Gasteiger partial charge in [0.25, 0.3) is 0 Å². The summed E-state index contributed by atoms with van der Waals surface area (Å²) in [5.74, 6) is 0.251. The zero-order valence-corrected chi connectivity index (χ0v) is 18.9. The maximum atomic E-state index is 12.5. The molecule has 0 saturated carbocycles. The molecular weight excluding hydrogens is 380 g/mol. The van der Waals surface area contributed by atoms with Gasteiger partial charge in [-0.25, -0.2) is 4.79 Å². The molecule has 31 heavy (non-hydrogen) atoms. The molecule has 0 radical (unpaired) electrons. The molecule has 0 N–H and O–H groups in total. The second-order valence-corrected chi connectivity index (χ2v) is 8.18. The monoisotopic (exact) mass is 414 g/mol. The van der Waals surface area contributed by atoms with Gasteiger partial charge in [0, 0.05) is 0 Å². The van der Waals surface area contributed by atoms with Gasteiger partial charge in [0.1, 0.15) is 5.75 Å². The van der Waals surface area contributed by atoms with Crippen LogP contribution in [-0.4, -0.2) is 5.97 Å². The van der Waals surface area contributed by atoms with Crippen molar-refractivity contribution in [2.24, 2.45) is 0 Å². The Bertz CT molecular complexity index is 922. The SMILES string of the molecule is CCCCCCCCc1ccc(C(=O)Oc2ccc(-c3ccc(CC)cc3)cc2)cc1. The first-order valence-corrected chi connectivity index (χ1v) is 11.7. The Labute approximate surface area is 187 Å². The number of carbonyl (C=O) groups is 1. The predicted molar refractivity (Wildman–Crippen MR) is 130 cm³/mol. The van der Waals surface area contributed by atoms with Gasteiger partial charge >= 0.3 is 5.97 Å². The fourth-order valence-electron chi connectivity index (χ4n) is 3.73. The van der Waals surface area contributed by atoms with Crippen LogP contribution in [0, 0.1) is 0 Å². The Morgan fingerprint density at radius 2 is 1.19 bits per heavy atom. The normalized spacial score (nSPS) is 10.8. The van der Waals surface area contributed by atoms with Crippen LogP contribution in [0.4, 0.5) is 0 Å². The minimum absolute atomic E-state index is 0.314. The number of aryl methyl sites for hydroxylation is 2. The Hall–Kier alpha value is -2.87. The average Bonchev–Trinajstić information content (AvgIpc) is 2.82. The summed E-state index contributed by atoms with van der Waals surface area (Å²) in [5, 5.41) is 0. The van der Waals surface area contributed by atoms with Gasteiger partial charge in [0.15, 0.2) is 0 Å². The molecule has 0 aromatic heterocycles. The van der Waals surface area contributed by atoms with Gasteiger partial charge in [0.05, 0.1) is 5.56 Å². The van der Waals surface area contributed by atoms with Gasteiger partial charge < -0.3 is 4.74 Å². The number of hydrogen-bond donors (Lipinski definition) is 0. The number of benzene rings is 3. The van der Waals surface area contributed by atoms with Crippen LogP contribution in [-0.2, 0) is 12.8 Å². The Kier molecular flexibility index (Phi) is 8.90. The van der Waals surface area contributed by atoms with Crippen LogP contribution in [0.5, 0.6) is 5.75 Å². The third kappa shape index (κ3) is 7.10. The molecule has 3 rings (SSSR count). The lowest BCUT2D eigenvalue weighted by atomic mass is 10.0. The molecule has 0 aliphatic rings. The maximum absolute atomic E-state index is 12.5. The first-order valence-electron chi connectivity index (χ1n) is 11.7. The van der Waals surface area contributed by atoms with Crippen molar-refractivity contribution in [1.82, 2.24) is 0 Å². The van der Waals surface area contributed by atoms with Crippen molar-refractivity contribution in [3.63, 3.8) is 0 Å². The maximum Gasteiger partial charge on any atom is 0.343 e. The molecule has 0 aliphatic carbocycles. The molecule has 2 nitrogen and oxygen atoms in total. The Balaban J connectivity index is 1.50. The number of carbonyl (C=O) groups excluding carboxylic acids is 1. The Morgan fingerprint density at radius 3 is 1.81 bits per heavy atom. The van der Waals surface area contributed by atoms with Crippen molar-refractivity contribution in [2.45, 2.75) is 65.2 Å². The summed E-state index contributed by atoms with van der Waals surface area (Å²) >= 11 is 0. The van der Waals surface area contributed by atoms with Crippen molar-refractivity contribution in [2.75, 3.05) is 0 Å². The minimum atomic E-state index is -0.314. The summed E-state index contributed by atoms with van der Waals surface area (Å²) in [6.07, 6.45) is 9.88. The fraction of sp³-hybridized carbons (Fsp3) is 0.345. The van der Waals surface area contributed by atoms with E-state index in [1.54, 1.807) is 0 Å². The highest BCUT2D eigenvalue weighted by Crippen LogP contribution is 2.23. The third-order valence-corrected chi connectivity index (χ3v) is 5.77. The van der Waals surface area contributed by atoms with E-state index in [-0.39, 0.29) is 5.97 Å². The Morgan fingerprint density at radius 1 is 0.645 bits per heavy atom. The molecule has 0 unspecified atom stereocenters. The van der Waals surface area contributed by atoms with Gasteiger partial charge in [-0.2, -0.15) is 0 Å². The zero-order chi connectivity index (χ0) is 21.9. The van der Waals surface area contributed by atoms with Gasteiger partial charge in [-0.3, -0.25) is 0 Å². The van der Waals surface area contributed by atoms with Crippen molar-refractivity contribution in [1.29, 1.82) is 0 Å². The number of ether oxygens (including phenoxy) is 1. The van der Waals surface area contributed by atoms with Crippen LogP contribution in [0.15, 0.2) is 72.8 Å². The largest absolute Gasteiger partial charge is 0.423 e. The molecule has 3 aromatic carbocycles. The van der Waals surface area contributed by atoms with Gasteiger partial charge in [-0.1, -0.05) is 94.5 Å². The van der Waals surface area contributed by atoms with Crippen LogP contribution >= 0.6 is 0 Å². The molecule has 0 saturated heterocycles. The van der Waals surface area contributed by atoms with Crippen LogP contribution in [0.25, 0.3) is 11.1 Å². The second kappa shape index (κ2) is 12.1. The van der Waals surface area contributed by atoms with Crippen molar-refractivity contribution in [3.05, 3.63) is 89.5 Å². The molecule has 0 atom stereocenters. The summed E-state index contributed by atoms with van der Waals surface area (Å²) in [6.45, 7) is 4.40. The summed E-state index contributed by atoms with van der Waals surface area (Å²) in [6, 6.07) is 24.1. The molecule has 162 valence electrons. The number of hydrogen-bond acceptors (Lipinski definition) is 2. The molecule has 0 bridgehead atoms. The highest BCUT2D eigenvalue weighted by Gasteiger charge is 2.09. The molecule has 3 aromatic rings. The summed E-state index contributed by atoms with van der Waals surface area (Å²) < 4.78 is 5.56. The molecule has 2 heteroatoms. The lowest BCUT2D eigenvalue weighted by Gasteiger charge is -2.08. The molecule has 0 fully saturated rings. The second-order valence-electron chi connectivity index (χ2n) is 8.18. The lowest BCUT2D eigenvalue weighted by Crippen LogP contribution is -2.08. The van der Waals surface area contributed by atoms with Crippen LogP contribution in [0.2, 0.25) is 0 Å². The van der Waals surface area contributed by atoms with E-state index in [2.05, 4.69) is 38.1 Å². The molecule has 0 heterocycles. The lowest BCUT2D eigenvalue weighted by molar-refractivity contribution is 0.0735. The van der Waals surface area contributed by atoms with E-state index in [0.29, 0.717) is 11.3 Å². The average molecular weight is 415 g/mol. The first kappa shape index (κ1) is 22.8. The number of esters is 1. The van der Waals surface area contributed by atoms with E-state index in [9.17, 15) is 4.79 Å². The first-order chi connectivity index (χ1) is 15.2. The van der Waals surface area contributed by atoms with E-state index in [1.165, 1.54) is 49.7 Å². The van der Waals surface area contributed by atoms with Crippen LogP contribution < -0.4 is 4.74 Å². The van der Waals surface area contributed by atoms with Crippen molar-refractivity contribution >= 4 is 5.97 Å². The molecule has 0 aliphatic heterocycles. The highest BCUT2D eigenvalue weighted by molar-refractivity contribution is 5.91. The minimum Gasteiger partial charge on any atom is -0.423 e. The van der Waals surface area contributed by atoms with Crippen molar-refractivity contribution < 1.29 is 9.53 Å². The van der Waals surface area contributed by atoms with Crippen molar-refractivity contribution in [3.8, 4) is 16.9 Å². The van der Waals surface area contributed by atoms with Gasteiger partial charge in [0.2, 0.25) is 0 Å². The summed E-state index contributed by atoms with van der Waals surface area (Å²) in [5.41, 5.74) is 5.47. The highest BCUT2D eigenvalue weighted by atomic mass is 16.5. The third-order valence-electron chi connectivity index (χ3n) is 5.77. The van der Waals surface area contributed by atoms with Gasteiger partial charge in [-0.05, 0) is 65.8 Å². The standard InChI is InChI=1S/C29H34O2/c1-3-5-6-7-8-9-10-24-13-17-27(18-14-24)29(30)31-28-21-19-26(20-22-28)25-15-11-23(4-2)12-16-25/h11-22H,3-10H2,1-2H3. The van der Waals surface area contributed by atoms with Crippen LogP contribution in [0.1, 0.15) is 73.9 Å². The predicted octanol–water partition coefficient (Wildman–Crippen LogP) is 8.04. The summed E-state index contributed by atoms with van der Waals surface area (Å²) in [4.78, 5) is 12.5.